The van der Waals surface area contributed by atoms with Crippen LogP contribution in [0, 0.1) is 0 Å². The predicted octanol–water partition coefficient (Wildman–Crippen LogP) is -0.740. The molecule has 1 aliphatic rings. The van der Waals surface area contributed by atoms with Crippen LogP contribution in [0.1, 0.15) is 0 Å². The number of hydrazine groups is 1. The van der Waals surface area contributed by atoms with Gasteiger partial charge in [-0.1, -0.05) is 11.8 Å². The van der Waals surface area contributed by atoms with E-state index >= 15 is 0 Å². The van der Waals surface area contributed by atoms with Crippen LogP contribution in [0.15, 0.2) is 11.5 Å². The highest BCUT2D eigenvalue weighted by atomic mass is 32.2. The van der Waals surface area contributed by atoms with Crippen LogP contribution >= 0.6 is 11.8 Å². The van der Waals surface area contributed by atoms with Gasteiger partial charge in [-0.05, 0) is 0 Å². The van der Waals surface area contributed by atoms with E-state index in [0.29, 0.717) is 24.1 Å². The number of carbonyl (C=O) groups excluding carboxylic acids is 1. The fourth-order valence-corrected chi connectivity index (χ4v) is 1.85. The summed E-state index contributed by atoms with van der Waals surface area (Å²) >= 11 is 1.32. The lowest BCUT2D eigenvalue weighted by Crippen LogP contribution is -2.48. The summed E-state index contributed by atoms with van der Waals surface area (Å²) in [6.45, 7) is 2.79. The Morgan fingerprint density at radius 3 is 3.12 bits per heavy atom. The first-order chi connectivity index (χ1) is 7.84. The monoisotopic (exact) mass is 243 g/mol. The fourth-order valence-electron chi connectivity index (χ4n) is 1.28. The molecule has 0 aromatic carbocycles. The molecule has 0 unspecified atom stereocenters. The van der Waals surface area contributed by atoms with Crippen molar-refractivity contribution in [1.29, 1.82) is 0 Å². The van der Waals surface area contributed by atoms with Crippen molar-refractivity contribution in [3.63, 3.8) is 0 Å². The Kier molecular flexibility index (Phi) is 4.14. The van der Waals surface area contributed by atoms with Crippen LogP contribution in [0.4, 0.5) is 0 Å². The van der Waals surface area contributed by atoms with Gasteiger partial charge >= 0.3 is 0 Å². The number of hydrogen-bond acceptors (Lipinski definition) is 6. The third-order valence-electron chi connectivity index (χ3n) is 2.03. The molecule has 1 aromatic heterocycles. The first kappa shape index (κ1) is 11.4. The summed E-state index contributed by atoms with van der Waals surface area (Å²) < 4.78 is 5.18. The van der Waals surface area contributed by atoms with Gasteiger partial charge in [0.05, 0.1) is 19.0 Å². The molecule has 8 heteroatoms. The standard InChI is InChI=1S/C8H13N5O2S/c14-7(5-16-8-9-6-10-11-8)12-13-1-3-15-4-2-13/h6H,1-5H2,(H,12,14)(H,9,10,11). The molecule has 2 heterocycles. The van der Waals surface area contributed by atoms with Crippen LogP contribution in [-0.2, 0) is 9.53 Å². The lowest BCUT2D eigenvalue weighted by molar-refractivity contribution is -0.125. The van der Waals surface area contributed by atoms with Gasteiger partial charge in [0.2, 0.25) is 5.91 Å². The number of carbonyl (C=O) groups is 1. The van der Waals surface area contributed by atoms with E-state index in [0.717, 1.165) is 13.1 Å². The summed E-state index contributed by atoms with van der Waals surface area (Å²) in [5.74, 6) is 0.287. The van der Waals surface area contributed by atoms with E-state index < -0.39 is 0 Å². The highest BCUT2D eigenvalue weighted by Crippen LogP contribution is 2.09. The number of aromatic amines is 1. The quantitative estimate of drug-likeness (QED) is 0.678. The summed E-state index contributed by atoms with van der Waals surface area (Å²) in [7, 11) is 0. The largest absolute Gasteiger partial charge is 0.379 e. The Hall–Kier alpha value is -1.12. The summed E-state index contributed by atoms with van der Waals surface area (Å²) in [6, 6.07) is 0. The van der Waals surface area contributed by atoms with Crippen LogP contribution in [0.5, 0.6) is 0 Å². The number of amides is 1. The molecule has 7 nitrogen and oxygen atoms in total. The van der Waals surface area contributed by atoms with E-state index in [1.165, 1.54) is 18.1 Å². The Bertz CT molecular complexity index is 325. The molecule has 0 atom stereocenters. The SMILES string of the molecule is O=C(CSc1ncn[nH]1)NN1CCOCC1. The maximum atomic E-state index is 11.5. The molecule has 88 valence electrons. The summed E-state index contributed by atoms with van der Waals surface area (Å²) in [5, 5.41) is 8.90. The van der Waals surface area contributed by atoms with Crippen molar-refractivity contribution in [3.05, 3.63) is 6.33 Å². The first-order valence-electron chi connectivity index (χ1n) is 4.95. The fraction of sp³-hybridized carbons (Fsp3) is 0.625. The maximum absolute atomic E-state index is 11.5. The molecule has 0 radical (unpaired) electrons. The van der Waals surface area contributed by atoms with Gasteiger partial charge in [0.1, 0.15) is 6.33 Å². The molecular weight excluding hydrogens is 230 g/mol. The molecule has 0 aliphatic carbocycles. The van der Waals surface area contributed by atoms with Gasteiger partial charge in [-0.2, -0.15) is 5.10 Å². The van der Waals surface area contributed by atoms with E-state index in [9.17, 15) is 4.79 Å². The molecule has 0 spiro atoms. The smallest absolute Gasteiger partial charge is 0.244 e. The first-order valence-corrected chi connectivity index (χ1v) is 5.93. The highest BCUT2D eigenvalue weighted by Gasteiger charge is 2.13. The van der Waals surface area contributed by atoms with Crippen molar-refractivity contribution >= 4 is 17.7 Å². The second-order valence-corrected chi connectivity index (χ2v) is 4.18. The number of aromatic nitrogens is 3. The van der Waals surface area contributed by atoms with Gasteiger partial charge < -0.3 is 4.74 Å². The average molecular weight is 243 g/mol. The minimum absolute atomic E-state index is 0.0386. The number of nitrogens with one attached hydrogen (secondary N) is 2. The highest BCUT2D eigenvalue weighted by molar-refractivity contribution is 7.99. The van der Waals surface area contributed by atoms with Gasteiger partial charge in [-0.15, -0.1) is 0 Å². The Morgan fingerprint density at radius 1 is 1.62 bits per heavy atom. The summed E-state index contributed by atoms with van der Waals surface area (Å²) in [4.78, 5) is 15.4. The molecule has 2 rings (SSSR count). The van der Waals surface area contributed by atoms with Crippen molar-refractivity contribution in [2.24, 2.45) is 0 Å². The molecule has 0 bridgehead atoms. The number of rotatable bonds is 4. The zero-order chi connectivity index (χ0) is 11.2. The van der Waals surface area contributed by atoms with Gasteiger partial charge in [0.25, 0.3) is 0 Å². The lowest BCUT2D eigenvalue weighted by Gasteiger charge is -2.26. The second-order valence-electron chi connectivity index (χ2n) is 3.21. The Labute approximate surface area is 96.9 Å². The Balaban J connectivity index is 1.67. The number of hydrogen-bond donors (Lipinski definition) is 2. The normalized spacial score (nSPS) is 17.2. The summed E-state index contributed by atoms with van der Waals surface area (Å²) in [5.41, 5.74) is 2.81. The molecule has 1 aliphatic heterocycles. The van der Waals surface area contributed by atoms with E-state index in [-0.39, 0.29) is 5.91 Å². The van der Waals surface area contributed by atoms with Crippen molar-refractivity contribution < 1.29 is 9.53 Å². The van der Waals surface area contributed by atoms with Crippen LogP contribution < -0.4 is 5.43 Å². The van der Waals surface area contributed by atoms with Gasteiger partial charge in [-0.25, -0.2) is 9.99 Å². The minimum atomic E-state index is -0.0386. The van der Waals surface area contributed by atoms with Gasteiger partial charge in [-0.3, -0.25) is 15.3 Å². The Morgan fingerprint density at radius 2 is 2.44 bits per heavy atom. The zero-order valence-corrected chi connectivity index (χ0v) is 9.50. The van der Waals surface area contributed by atoms with Crippen LogP contribution in [0.2, 0.25) is 0 Å². The van der Waals surface area contributed by atoms with Crippen molar-refractivity contribution in [3.8, 4) is 0 Å². The van der Waals surface area contributed by atoms with Crippen LogP contribution in [-0.4, -0.2) is 58.2 Å². The van der Waals surface area contributed by atoms with Crippen LogP contribution in [0.3, 0.4) is 0 Å². The lowest BCUT2D eigenvalue weighted by atomic mass is 10.5. The zero-order valence-electron chi connectivity index (χ0n) is 8.68. The average Bonchev–Trinajstić information content (AvgIpc) is 2.81. The maximum Gasteiger partial charge on any atom is 0.244 e. The molecule has 1 amide bonds. The summed E-state index contributed by atoms with van der Waals surface area (Å²) in [6.07, 6.45) is 1.42. The number of H-pyrrole nitrogens is 1. The van der Waals surface area contributed by atoms with E-state index in [1.54, 1.807) is 0 Å². The number of nitrogens with zero attached hydrogens (tertiary/aromatic N) is 3. The van der Waals surface area contributed by atoms with E-state index in [1.807, 2.05) is 5.01 Å². The van der Waals surface area contributed by atoms with Gasteiger partial charge in [0, 0.05) is 13.1 Å². The van der Waals surface area contributed by atoms with Crippen LogP contribution in [0.25, 0.3) is 0 Å². The molecule has 1 aromatic rings. The third kappa shape index (κ3) is 3.47. The number of thioether (sulfide) groups is 1. The molecule has 16 heavy (non-hydrogen) atoms. The second kappa shape index (κ2) is 5.83. The van der Waals surface area contributed by atoms with E-state index in [2.05, 4.69) is 20.6 Å². The molecular formula is C8H13N5O2S. The molecule has 2 N–H and O–H groups in total. The number of morpholine rings is 1. The molecule has 0 saturated carbocycles. The van der Waals surface area contributed by atoms with Gasteiger partial charge in [0.15, 0.2) is 5.16 Å². The van der Waals surface area contributed by atoms with Crippen molar-refractivity contribution in [2.45, 2.75) is 5.16 Å². The van der Waals surface area contributed by atoms with Crippen molar-refractivity contribution in [1.82, 2.24) is 25.6 Å². The van der Waals surface area contributed by atoms with E-state index in [4.69, 9.17) is 4.74 Å². The minimum Gasteiger partial charge on any atom is -0.379 e. The van der Waals surface area contributed by atoms with Crippen molar-refractivity contribution in [2.75, 3.05) is 32.1 Å². The topological polar surface area (TPSA) is 83.1 Å². The molecule has 1 fully saturated rings. The predicted molar refractivity (Wildman–Crippen MR) is 57.6 cm³/mol. The number of ether oxygens (including phenoxy) is 1. The molecule has 1 saturated heterocycles. The third-order valence-corrected chi connectivity index (χ3v) is 2.90.